The van der Waals surface area contributed by atoms with Gasteiger partial charge in [-0.3, -0.25) is 4.79 Å². The van der Waals surface area contributed by atoms with Crippen LogP contribution in [-0.2, 0) is 17.4 Å². The molecule has 0 spiro atoms. The van der Waals surface area contributed by atoms with Gasteiger partial charge in [0.1, 0.15) is 11.8 Å². The van der Waals surface area contributed by atoms with Gasteiger partial charge < -0.3 is 14.2 Å². The summed E-state index contributed by atoms with van der Waals surface area (Å²) in [5.74, 6) is -0.0168. The summed E-state index contributed by atoms with van der Waals surface area (Å²) in [6, 6.07) is 9.38. The van der Waals surface area contributed by atoms with Crippen molar-refractivity contribution < 1.29 is 27.2 Å². The lowest BCUT2D eigenvalue weighted by Crippen LogP contribution is -2.56. The first-order chi connectivity index (χ1) is 12.9. The normalized spacial score (nSPS) is 15.0. The van der Waals surface area contributed by atoms with Crippen molar-refractivity contribution in [3.63, 3.8) is 0 Å². The summed E-state index contributed by atoms with van der Waals surface area (Å²) in [5, 5.41) is 4.73. The third-order valence-electron chi connectivity index (χ3n) is 4.32. The molecular formula is C18H14F3N3O3. The van der Waals surface area contributed by atoms with E-state index in [2.05, 4.69) is 10.1 Å². The molecule has 4 rings (SSSR count). The minimum Gasteiger partial charge on any atom is -0.471 e. The second-order valence-electron chi connectivity index (χ2n) is 6.22. The molecule has 1 amide bonds. The van der Waals surface area contributed by atoms with Crippen LogP contribution in [0.15, 0.2) is 47.1 Å². The summed E-state index contributed by atoms with van der Waals surface area (Å²) >= 11 is 0. The third-order valence-corrected chi connectivity index (χ3v) is 4.32. The largest absolute Gasteiger partial charge is 0.471 e. The van der Waals surface area contributed by atoms with Crippen LogP contribution in [0.1, 0.15) is 11.3 Å². The highest BCUT2D eigenvalue weighted by molar-refractivity contribution is 5.86. The van der Waals surface area contributed by atoms with Crippen molar-refractivity contribution in [2.75, 3.05) is 13.1 Å². The molecule has 0 saturated carbocycles. The second-order valence-corrected chi connectivity index (χ2v) is 6.22. The van der Waals surface area contributed by atoms with Gasteiger partial charge >= 0.3 is 6.18 Å². The number of nitrogens with zero attached hydrogens (tertiary/aromatic N) is 3. The van der Waals surface area contributed by atoms with Crippen LogP contribution >= 0.6 is 0 Å². The first-order valence-corrected chi connectivity index (χ1v) is 8.21. The number of benzene rings is 1. The molecule has 0 atom stereocenters. The number of pyridine rings is 1. The van der Waals surface area contributed by atoms with Gasteiger partial charge in [-0.2, -0.15) is 13.2 Å². The Labute approximate surface area is 151 Å². The van der Waals surface area contributed by atoms with Crippen LogP contribution in [0.25, 0.3) is 11.0 Å². The average Bonchev–Trinajstić information content (AvgIpc) is 3.00. The quantitative estimate of drug-likeness (QED) is 0.699. The zero-order valence-electron chi connectivity index (χ0n) is 13.9. The number of ether oxygens (including phenoxy) is 1. The lowest BCUT2D eigenvalue weighted by Gasteiger charge is -2.38. The maximum atomic E-state index is 12.5. The second kappa shape index (κ2) is 6.57. The maximum absolute atomic E-state index is 12.5. The first-order valence-electron chi connectivity index (χ1n) is 8.21. The van der Waals surface area contributed by atoms with Crippen LogP contribution in [-0.4, -0.2) is 40.1 Å². The van der Waals surface area contributed by atoms with Crippen molar-refractivity contribution >= 4 is 16.9 Å². The standard InChI is InChI=1S/C18H14F3N3O3/c19-18(20,21)11-5-6-16(22-8-11)26-12-9-24(10-12)17(25)7-14-13-3-1-2-4-15(13)27-23-14/h1-6,8,12H,7,9-10H2. The van der Waals surface area contributed by atoms with E-state index >= 15 is 0 Å². The van der Waals surface area contributed by atoms with Gasteiger partial charge in [0.2, 0.25) is 11.8 Å². The highest BCUT2D eigenvalue weighted by Crippen LogP contribution is 2.29. The van der Waals surface area contributed by atoms with E-state index in [-0.39, 0.29) is 24.3 Å². The Morgan fingerprint density at radius 3 is 2.70 bits per heavy atom. The van der Waals surface area contributed by atoms with Crippen molar-refractivity contribution in [2.45, 2.75) is 18.7 Å². The van der Waals surface area contributed by atoms with Crippen LogP contribution in [0.4, 0.5) is 13.2 Å². The van der Waals surface area contributed by atoms with Gasteiger partial charge in [0.15, 0.2) is 5.58 Å². The molecule has 27 heavy (non-hydrogen) atoms. The molecule has 1 aliphatic rings. The number of aromatic nitrogens is 2. The molecule has 1 fully saturated rings. The molecule has 1 aliphatic heterocycles. The summed E-state index contributed by atoms with van der Waals surface area (Å²) in [6.45, 7) is 0.689. The number of para-hydroxylation sites is 1. The topological polar surface area (TPSA) is 68.5 Å². The van der Waals surface area contributed by atoms with Crippen molar-refractivity contribution in [2.24, 2.45) is 0 Å². The van der Waals surface area contributed by atoms with Gasteiger partial charge in [0.25, 0.3) is 0 Å². The van der Waals surface area contributed by atoms with Crippen molar-refractivity contribution in [1.29, 1.82) is 0 Å². The van der Waals surface area contributed by atoms with Crippen LogP contribution < -0.4 is 4.74 Å². The number of carbonyl (C=O) groups is 1. The molecular weight excluding hydrogens is 363 g/mol. The Morgan fingerprint density at radius 2 is 2.00 bits per heavy atom. The molecule has 3 aromatic rings. The smallest absolute Gasteiger partial charge is 0.417 e. The summed E-state index contributed by atoms with van der Waals surface area (Å²) in [6.07, 6.45) is -3.89. The number of carbonyl (C=O) groups excluding carboxylic acids is 1. The number of alkyl halides is 3. The fourth-order valence-corrected chi connectivity index (χ4v) is 2.83. The van der Waals surface area contributed by atoms with Gasteiger partial charge in [-0.1, -0.05) is 17.3 Å². The third kappa shape index (κ3) is 3.57. The molecule has 2 aromatic heterocycles. The average molecular weight is 377 g/mol. The van der Waals surface area contributed by atoms with E-state index in [0.717, 1.165) is 17.6 Å². The number of hydrogen-bond acceptors (Lipinski definition) is 5. The van der Waals surface area contributed by atoms with Gasteiger partial charge in [-0.15, -0.1) is 0 Å². The Kier molecular flexibility index (Phi) is 4.21. The van der Waals surface area contributed by atoms with Gasteiger partial charge in [0.05, 0.1) is 25.1 Å². The van der Waals surface area contributed by atoms with E-state index in [1.165, 1.54) is 6.07 Å². The molecule has 0 bridgehead atoms. The van der Waals surface area contributed by atoms with Crippen molar-refractivity contribution in [3.05, 3.63) is 53.9 Å². The molecule has 0 radical (unpaired) electrons. The molecule has 1 aromatic carbocycles. The minimum absolute atomic E-state index is 0.0996. The number of halogens is 3. The molecule has 140 valence electrons. The summed E-state index contributed by atoms with van der Waals surface area (Å²) in [7, 11) is 0. The molecule has 0 unspecified atom stereocenters. The fourth-order valence-electron chi connectivity index (χ4n) is 2.83. The number of likely N-dealkylation sites (tertiary alicyclic amines) is 1. The Balaban J connectivity index is 1.31. The van der Waals surface area contributed by atoms with Crippen LogP contribution in [0, 0.1) is 0 Å². The van der Waals surface area contributed by atoms with E-state index in [1.54, 1.807) is 11.0 Å². The molecule has 1 saturated heterocycles. The van der Waals surface area contributed by atoms with Crippen molar-refractivity contribution in [1.82, 2.24) is 15.0 Å². The van der Waals surface area contributed by atoms with E-state index in [1.807, 2.05) is 18.2 Å². The highest BCUT2D eigenvalue weighted by atomic mass is 19.4. The molecule has 0 aliphatic carbocycles. The lowest BCUT2D eigenvalue weighted by atomic mass is 10.1. The number of amides is 1. The monoisotopic (exact) mass is 377 g/mol. The van der Waals surface area contributed by atoms with E-state index in [4.69, 9.17) is 9.26 Å². The molecule has 0 N–H and O–H groups in total. The van der Waals surface area contributed by atoms with Gasteiger partial charge in [-0.05, 0) is 18.2 Å². The summed E-state index contributed by atoms with van der Waals surface area (Å²) in [4.78, 5) is 17.6. The van der Waals surface area contributed by atoms with E-state index in [9.17, 15) is 18.0 Å². The summed E-state index contributed by atoms with van der Waals surface area (Å²) in [5.41, 5.74) is 0.364. The zero-order chi connectivity index (χ0) is 19.0. The van der Waals surface area contributed by atoms with Crippen LogP contribution in [0.5, 0.6) is 5.88 Å². The number of hydrogen-bond donors (Lipinski definition) is 0. The zero-order valence-corrected chi connectivity index (χ0v) is 13.9. The number of rotatable bonds is 4. The van der Waals surface area contributed by atoms with Crippen molar-refractivity contribution in [3.8, 4) is 5.88 Å². The van der Waals surface area contributed by atoms with Crippen LogP contribution in [0.3, 0.4) is 0 Å². The minimum atomic E-state index is -4.43. The first kappa shape index (κ1) is 17.3. The Hall–Kier alpha value is -3.10. The Morgan fingerprint density at radius 1 is 1.22 bits per heavy atom. The van der Waals surface area contributed by atoms with Gasteiger partial charge in [0, 0.05) is 17.6 Å². The van der Waals surface area contributed by atoms with E-state index in [0.29, 0.717) is 24.4 Å². The SMILES string of the molecule is O=C(Cc1noc2ccccc12)N1CC(Oc2ccc(C(F)(F)F)cn2)C1. The molecule has 9 heteroatoms. The van der Waals surface area contributed by atoms with E-state index < -0.39 is 11.7 Å². The molecule has 3 heterocycles. The predicted octanol–water partition coefficient (Wildman–Crippen LogP) is 3.07. The van der Waals surface area contributed by atoms with Crippen LogP contribution in [0.2, 0.25) is 0 Å². The number of fused-ring (bicyclic) bond motifs is 1. The fraction of sp³-hybridized carbons (Fsp3) is 0.278. The molecule has 6 nitrogen and oxygen atoms in total. The lowest BCUT2D eigenvalue weighted by molar-refractivity contribution is -0.140. The van der Waals surface area contributed by atoms with Gasteiger partial charge in [-0.25, -0.2) is 4.98 Å². The Bertz CT molecular complexity index is 963. The predicted molar refractivity (Wildman–Crippen MR) is 87.9 cm³/mol. The maximum Gasteiger partial charge on any atom is 0.417 e. The summed E-state index contributed by atoms with van der Waals surface area (Å²) < 4.78 is 48.2. The highest BCUT2D eigenvalue weighted by Gasteiger charge is 2.34.